The summed E-state index contributed by atoms with van der Waals surface area (Å²) >= 11 is 0. The highest BCUT2D eigenvalue weighted by Gasteiger charge is 2.35. The minimum atomic E-state index is -0.251. The molecule has 3 amide bonds. The Bertz CT molecular complexity index is 1050. The largest absolute Gasteiger partial charge is 0.347 e. The average Bonchev–Trinajstić information content (AvgIpc) is 3.25. The van der Waals surface area contributed by atoms with E-state index in [-0.39, 0.29) is 30.3 Å². The van der Waals surface area contributed by atoms with Gasteiger partial charge in [0.2, 0.25) is 17.7 Å². The Hall–Kier alpha value is -3.29. The summed E-state index contributed by atoms with van der Waals surface area (Å²) in [5, 5.41) is 2.58. The number of nitrogens with one attached hydrogen (secondary N) is 1. The highest BCUT2D eigenvalue weighted by Crippen LogP contribution is 2.35. The lowest BCUT2D eigenvalue weighted by Crippen LogP contribution is -2.40. The zero-order valence-electron chi connectivity index (χ0n) is 18.9. The van der Waals surface area contributed by atoms with Gasteiger partial charge in [-0.2, -0.15) is 0 Å². The summed E-state index contributed by atoms with van der Waals surface area (Å²) in [6.45, 7) is 6.40. The molecule has 2 aliphatic heterocycles. The lowest BCUT2D eigenvalue weighted by molar-refractivity contribution is -0.133. The van der Waals surface area contributed by atoms with E-state index in [0.717, 1.165) is 29.7 Å². The molecule has 1 aromatic heterocycles. The predicted octanol–water partition coefficient (Wildman–Crippen LogP) is 2.37. The van der Waals surface area contributed by atoms with Gasteiger partial charge in [-0.1, -0.05) is 29.8 Å². The molecule has 8 heteroatoms. The summed E-state index contributed by atoms with van der Waals surface area (Å²) in [4.78, 5) is 49.8. The van der Waals surface area contributed by atoms with E-state index < -0.39 is 0 Å². The van der Waals surface area contributed by atoms with Gasteiger partial charge in [0.25, 0.3) is 0 Å². The quantitative estimate of drug-likeness (QED) is 0.778. The fraction of sp³-hybridized carbons (Fsp3) is 0.458. The number of benzene rings is 1. The minimum absolute atomic E-state index is 0.0339. The molecule has 2 aliphatic rings. The molecule has 0 radical (unpaired) electrons. The molecule has 0 aliphatic carbocycles. The Labute approximate surface area is 188 Å². The first-order valence-corrected chi connectivity index (χ1v) is 11.1. The summed E-state index contributed by atoms with van der Waals surface area (Å²) in [5.41, 5.74) is 4.06. The number of nitrogens with zero attached hydrogens (tertiary/aromatic N) is 4. The van der Waals surface area contributed by atoms with Crippen LogP contribution in [0.15, 0.2) is 24.3 Å². The van der Waals surface area contributed by atoms with Crippen molar-refractivity contribution in [3.05, 3.63) is 52.5 Å². The van der Waals surface area contributed by atoms with Gasteiger partial charge < -0.3 is 10.2 Å². The number of carbonyl (C=O) groups excluding carboxylic acids is 3. The highest BCUT2D eigenvalue weighted by atomic mass is 16.2. The maximum Gasteiger partial charge on any atom is 0.242 e. The van der Waals surface area contributed by atoms with Crippen molar-refractivity contribution in [3.63, 3.8) is 0 Å². The van der Waals surface area contributed by atoms with Gasteiger partial charge in [-0.15, -0.1) is 0 Å². The van der Waals surface area contributed by atoms with Gasteiger partial charge >= 0.3 is 0 Å². The third kappa shape index (κ3) is 4.49. The standard InChI is InChI=1S/C24H29N5O3/c1-15-6-8-18(9-7-15)14-29-21(31)11-10-19-16(2)26-23(27-24(19)29)20-5-4-12-28(20)22(32)13-25-17(3)30/h6-9,20H,4-5,10-14H2,1-3H3,(H,25,30). The molecule has 1 saturated heterocycles. The number of rotatable bonds is 5. The lowest BCUT2D eigenvalue weighted by Gasteiger charge is -2.31. The van der Waals surface area contributed by atoms with Crippen LogP contribution in [0, 0.1) is 13.8 Å². The Morgan fingerprint density at radius 3 is 2.59 bits per heavy atom. The molecule has 0 bridgehead atoms. The number of anilines is 1. The molecule has 0 saturated carbocycles. The second-order valence-corrected chi connectivity index (χ2v) is 8.59. The van der Waals surface area contributed by atoms with E-state index in [1.54, 1.807) is 9.80 Å². The maximum atomic E-state index is 12.9. The minimum Gasteiger partial charge on any atom is -0.347 e. The number of amides is 3. The van der Waals surface area contributed by atoms with Crippen molar-refractivity contribution in [2.45, 2.75) is 59.0 Å². The van der Waals surface area contributed by atoms with Gasteiger partial charge in [0, 0.05) is 31.1 Å². The molecular weight excluding hydrogens is 406 g/mol. The Morgan fingerprint density at radius 2 is 1.88 bits per heavy atom. The fourth-order valence-corrected chi connectivity index (χ4v) is 4.43. The van der Waals surface area contributed by atoms with E-state index in [0.29, 0.717) is 37.6 Å². The molecule has 1 unspecified atom stereocenters. The van der Waals surface area contributed by atoms with Crippen LogP contribution in [-0.2, 0) is 27.3 Å². The monoisotopic (exact) mass is 435 g/mol. The first-order valence-electron chi connectivity index (χ1n) is 11.1. The van der Waals surface area contributed by atoms with Crippen molar-refractivity contribution >= 4 is 23.5 Å². The summed E-state index contributed by atoms with van der Waals surface area (Å²) in [5.74, 6) is 0.894. The average molecular weight is 436 g/mol. The second-order valence-electron chi connectivity index (χ2n) is 8.59. The fourth-order valence-electron chi connectivity index (χ4n) is 4.43. The molecule has 1 N–H and O–H groups in total. The predicted molar refractivity (Wildman–Crippen MR) is 120 cm³/mol. The Morgan fingerprint density at radius 1 is 1.12 bits per heavy atom. The molecule has 1 aromatic carbocycles. The molecule has 8 nitrogen and oxygen atoms in total. The zero-order chi connectivity index (χ0) is 22.8. The summed E-state index contributed by atoms with van der Waals surface area (Å²) in [6.07, 6.45) is 2.67. The molecular formula is C24H29N5O3. The highest BCUT2D eigenvalue weighted by molar-refractivity contribution is 5.95. The molecule has 168 valence electrons. The van der Waals surface area contributed by atoms with Crippen LogP contribution in [0.4, 0.5) is 5.82 Å². The molecule has 3 heterocycles. The Balaban J connectivity index is 1.64. The van der Waals surface area contributed by atoms with Crippen molar-refractivity contribution in [1.82, 2.24) is 20.2 Å². The van der Waals surface area contributed by atoms with Crippen molar-refractivity contribution in [2.75, 3.05) is 18.0 Å². The van der Waals surface area contributed by atoms with Crippen molar-refractivity contribution in [3.8, 4) is 0 Å². The Kier molecular flexibility index (Phi) is 6.21. The van der Waals surface area contributed by atoms with E-state index in [9.17, 15) is 14.4 Å². The van der Waals surface area contributed by atoms with Crippen LogP contribution in [0.25, 0.3) is 0 Å². The van der Waals surface area contributed by atoms with Gasteiger partial charge in [-0.3, -0.25) is 19.3 Å². The third-order valence-electron chi connectivity index (χ3n) is 6.18. The van der Waals surface area contributed by atoms with Crippen LogP contribution in [0.3, 0.4) is 0 Å². The number of carbonyl (C=O) groups is 3. The second kappa shape index (κ2) is 9.06. The number of hydrogen-bond donors (Lipinski definition) is 1. The molecule has 32 heavy (non-hydrogen) atoms. The van der Waals surface area contributed by atoms with Gasteiger partial charge in [0.05, 0.1) is 19.1 Å². The number of likely N-dealkylation sites (tertiary alicyclic amines) is 1. The van der Waals surface area contributed by atoms with Crippen LogP contribution in [-0.4, -0.2) is 45.7 Å². The molecule has 0 spiro atoms. The molecule has 1 fully saturated rings. The van der Waals surface area contributed by atoms with Crippen LogP contribution in [0.5, 0.6) is 0 Å². The summed E-state index contributed by atoms with van der Waals surface area (Å²) in [7, 11) is 0. The number of aromatic nitrogens is 2. The van der Waals surface area contributed by atoms with E-state index in [2.05, 4.69) is 5.32 Å². The normalized spacial score (nSPS) is 18.0. The van der Waals surface area contributed by atoms with Crippen molar-refractivity contribution in [2.24, 2.45) is 0 Å². The van der Waals surface area contributed by atoms with E-state index in [4.69, 9.17) is 9.97 Å². The van der Waals surface area contributed by atoms with Crippen LogP contribution in [0.2, 0.25) is 0 Å². The van der Waals surface area contributed by atoms with Crippen LogP contribution in [0.1, 0.15) is 60.4 Å². The summed E-state index contributed by atoms with van der Waals surface area (Å²) < 4.78 is 0. The smallest absolute Gasteiger partial charge is 0.242 e. The van der Waals surface area contributed by atoms with Crippen molar-refractivity contribution < 1.29 is 14.4 Å². The van der Waals surface area contributed by atoms with Gasteiger partial charge in [-0.05, 0) is 38.7 Å². The van der Waals surface area contributed by atoms with Crippen LogP contribution >= 0.6 is 0 Å². The number of hydrogen-bond acceptors (Lipinski definition) is 5. The zero-order valence-corrected chi connectivity index (χ0v) is 18.9. The SMILES string of the molecule is CC(=O)NCC(=O)N1CCCC1c1nc(C)c2c(n1)N(Cc1ccc(C)cc1)C(=O)CC2. The third-order valence-corrected chi connectivity index (χ3v) is 6.18. The van der Waals surface area contributed by atoms with Crippen LogP contribution < -0.4 is 10.2 Å². The maximum absolute atomic E-state index is 12.9. The molecule has 4 rings (SSSR count). The lowest BCUT2D eigenvalue weighted by atomic mass is 10.0. The van der Waals surface area contributed by atoms with Gasteiger partial charge in [0.15, 0.2) is 5.82 Å². The number of fused-ring (bicyclic) bond motifs is 1. The summed E-state index contributed by atoms with van der Waals surface area (Å²) in [6, 6.07) is 7.89. The van der Waals surface area contributed by atoms with E-state index >= 15 is 0 Å². The first-order chi connectivity index (χ1) is 15.3. The van der Waals surface area contributed by atoms with Gasteiger partial charge in [-0.25, -0.2) is 9.97 Å². The van der Waals surface area contributed by atoms with Gasteiger partial charge in [0.1, 0.15) is 5.82 Å². The first kappa shape index (κ1) is 21.9. The number of aryl methyl sites for hydroxylation is 2. The van der Waals surface area contributed by atoms with Crippen molar-refractivity contribution in [1.29, 1.82) is 0 Å². The van der Waals surface area contributed by atoms with E-state index in [1.807, 2.05) is 38.1 Å². The molecule has 2 aromatic rings. The van der Waals surface area contributed by atoms with E-state index in [1.165, 1.54) is 12.5 Å². The molecule has 1 atom stereocenters. The topological polar surface area (TPSA) is 95.5 Å².